The van der Waals surface area contributed by atoms with Crippen LogP contribution in [0.2, 0.25) is 0 Å². The Labute approximate surface area is 352 Å². The monoisotopic (exact) mass is 958 g/mol. The van der Waals surface area contributed by atoms with Crippen molar-refractivity contribution in [3.63, 3.8) is 0 Å². The van der Waals surface area contributed by atoms with Crippen LogP contribution < -0.4 is 26.0 Å². The van der Waals surface area contributed by atoms with Crippen molar-refractivity contribution in [1.29, 1.82) is 0 Å². The highest BCUT2D eigenvalue weighted by Crippen LogP contribution is 2.39. The zero-order valence-corrected chi connectivity index (χ0v) is 32.5. The summed E-state index contributed by atoms with van der Waals surface area (Å²) in [4.78, 5) is 0. The molecule has 0 heterocycles. The highest BCUT2D eigenvalue weighted by atomic mass is 32.2. The van der Waals surface area contributed by atoms with Crippen molar-refractivity contribution in [2.75, 3.05) is 12.5 Å². The van der Waals surface area contributed by atoms with Gasteiger partial charge in [-0.05, 0) is 33.7 Å². The molecule has 0 saturated heterocycles. The molecule has 0 aliphatic carbocycles. The normalized spacial score (nSPS) is 12.0. The smallest absolute Gasteiger partial charge is 0.200 e. The molecule has 0 unspecified atom stereocenters. The van der Waals surface area contributed by atoms with Gasteiger partial charge >= 0.3 is 0 Å². The van der Waals surface area contributed by atoms with Gasteiger partial charge in [0.05, 0.1) is 0 Å². The van der Waals surface area contributed by atoms with Crippen molar-refractivity contribution in [2.45, 2.75) is 0 Å². The van der Waals surface area contributed by atoms with E-state index in [2.05, 4.69) is 67.1 Å². The standard InChI is InChI=1S/C24BF20.C18H15OS/c26-5-1(6(27)14(35)21(42)13(5)34)25(2-7(28)15(36)22(43)16(37)8(2)29,3-9(30)17(38)23(44)18(39)10(3)31)4-11(32)19(40)24(45)20(41)12(4)33;1-20(2)19-16-11-9-14-7-6-12-4-3-5-13-8-10-15(16)18(14)17(12)13/h;3-11H,1-2H3/q-1;+1. The first-order valence-electron chi connectivity index (χ1n) is 17.6. The maximum Gasteiger partial charge on any atom is 0.200 e. The minimum absolute atomic E-state index is 0.0683. The molecule has 8 aromatic carbocycles. The van der Waals surface area contributed by atoms with Gasteiger partial charge in [0.2, 0.25) is 0 Å². The van der Waals surface area contributed by atoms with E-state index in [0.29, 0.717) is 0 Å². The number of hydrogen-bond acceptors (Lipinski definition) is 1. The van der Waals surface area contributed by atoms with Gasteiger partial charge in [0.15, 0.2) is 86.7 Å². The fourth-order valence-corrected chi connectivity index (χ4v) is 8.34. The molecule has 0 aliphatic heterocycles. The second-order valence-electron chi connectivity index (χ2n) is 14.0. The molecule has 0 bridgehead atoms. The Hall–Kier alpha value is -6.39. The minimum atomic E-state index is -7.22. The van der Waals surface area contributed by atoms with Crippen molar-refractivity contribution in [2.24, 2.45) is 0 Å². The first-order chi connectivity index (χ1) is 30.4. The molecule has 0 amide bonds. The van der Waals surface area contributed by atoms with Crippen LogP contribution in [0.15, 0.2) is 54.6 Å². The van der Waals surface area contributed by atoms with Crippen LogP contribution in [0.25, 0.3) is 32.3 Å². The molecular formula is C42H15BF20OS. The predicted molar refractivity (Wildman–Crippen MR) is 199 cm³/mol. The van der Waals surface area contributed by atoms with E-state index < -0.39 is 144 Å². The van der Waals surface area contributed by atoms with Gasteiger partial charge in [0.25, 0.3) is 0 Å². The van der Waals surface area contributed by atoms with Gasteiger partial charge in [-0.3, -0.25) is 4.18 Å². The number of hydrogen-bond donors (Lipinski definition) is 0. The van der Waals surface area contributed by atoms with Crippen LogP contribution in [0, 0.1) is 116 Å². The van der Waals surface area contributed by atoms with Crippen molar-refractivity contribution in [3.8, 4) is 5.75 Å². The lowest BCUT2D eigenvalue weighted by Crippen LogP contribution is -2.81. The van der Waals surface area contributed by atoms with Crippen LogP contribution >= 0.6 is 0 Å². The third-order valence-corrected chi connectivity index (χ3v) is 11.0. The van der Waals surface area contributed by atoms with Crippen molar-refractivity contribution in [3.05, 3.63) is 171 Å². The highest BCUT2D eigenvalue weighted by molar-refractivity contribution is 7.91. The van der Waals surface area contributed by atoms with Crippen LogP contribution in [0.5, 0.6) is 5.75 Å². The molecule has 0 N–H and O–H groups in total. The minimum Gasteiger partial charge on any atom is -0.286 e. The van der Waals surface area contributed by atoms with Gasteiger partial charge in [-0.15, -0.1) is 21.9 Å². The molecule has 65 heavy (non-hydrogen) atoms. The first-order valence-corrected chi connectivity index (χ1v) is 19.6. The van der Waals surface area contributed by atoms with Gasteiger partial charge in [-0.1, -0.05) is 42.5 Å². The molecule has 0 spiro atoms. The fourth-order valence-electron chi connectivity index (χ4n) is 7.83. The summed E-state index contributed by atoms with van der Waals surface area (Å²) in [7, 11) is 0. The van der Waals surface area contributed by atoms with E-state index in [1.165, 1.54) is 32.3 Å². The summed E-state index contributed by atoms with van der Waals surface area (Å²) in [6, 6.07) is 19.5. The topological polar surface area (TPSA) is 9.23 Å². The van der Waals surface area contributed by atoms with Gasteiger partial charge < -0.3 is 0 Å². The summed E-state index contributed by atoms with van der Waals surface area (Å²) in [6.07, 6.45) is -3.03. The summed E-state index contributed by atoms with van der Waals surface area (Å²) in [5.41, 5.74) is -14.3. The Morgan fingerprint density at radius 2 is 0.554 bits per heavy atom. The molecule has 0 radical (unpaired) electrons. The Balaban J connectivity index is 0.000000258. The van der Waals surface area contributed by atoms with E-state index in [-0.39, 0.29) is 11.2 Å². The molecular weight excluding hydrogens is 943 g/mol. The fraction of sp³-hybridized carbons (Fsp3) is 0.0476. The van der Waals surface area contributed by atoms with Gasteiger partial charge in [0.1, 0.15) is 65.2 Å². The highest BCUT2D eigenvalue weighted by Gasteiger charge is 2.52. The summed E-state index contributed by atoms with van der Waals surface area (Å²) >= 11 is -0.0683. The molecule has 1 nitrogen and oxygen atoms in total. The molecule has 0 saturated carbocycles. The summed E-state index contributed by atoms with van der Waals surface area (Å²) in [6.45, 7) is 0. The lowest BCUT2D eigenvalue weighted by Gasteiger charge is -2.44. The first kappa shape index (κ1) is 46.6. The van der Waals surface area contributed by atoms with Gasteiger partial charge in [-0.25, -0.2) is 87.8 Å². The third-order valence-electron chi connectivity index (χ3n) is 10.5. The molecule has 8 rings (SSSR count). The van der Waals surface area contributed by atoms with Crippen molar-refractivity contribution < 1.29 is 92.0 Å². The van der Waals surface area contributed by atoms with E-state index in [1.807, 2.05) is 0 Å². The third kappa shape index (κ3) is 6.74. The maximum absolute atomic E-state index is 15.4. The van der Waals surface area contributed by atoms with E-state index >= 15 is 35.1 Å². The van der Waals surface area contributed by atoms with E-state index in [4.69, 9.17) is 4.18 Å². The summed E-state index contributed by atoms with van der Waals surface area (Å²) in [5, 5.41) is 7.76. The zero-order valence-electron chi connectivity index (χ0n) is 31.6. The predicted octanol–water partition coefficient (Wildman–Crippen LogP) is 10.6. The van der Waals surface area contributed by atoms with Crippen molar-refractivity contribution >= 4 is 71.5 Å². The Morgan fingerprint density at radius 3 is 0.846 bits per heavy atom. The molecule has 23 heteroatoms. The maximum atomic E-state index is 15.4. The van der Waals surface area contributed by atoms with E-state index in [9.17, 15) is 52.7 Å². The SMILES string of the molecule is C[S+](C)Oc1ccc2ccc3cccc4ccc1c2c34.Fc1c(F)c(F)c([B-](c2c(F)c(F)c(F)c(F)c2F)(c2c(F)c(F)c(F)c(F)c2F)c2c(F)c(F)c(F)c(F)c2F)c(F)c1F. The number of halogens is 20. The zero-order chi connectivity index (χ0) is 48.0. The van der Waals surface area contributed by atoms with Crippen LogP contribution in [0.4, 0.5) is 87.8 Å². The number of rotatable bonds is 6. The van der Waals surface area contributed by atoms with Crippen LogP contribution in [-0.2, 0) is 11.2 Å². The summed E-state index contributed by atoms with van der Waals surface area (Å²) in [5.74, 6) is -70.4. The number of benzene rings is 8. The largest absolute Gasteiger partial charge is 0.286 e. The average molecular weight is 958 g/mol. The lowest BCUT2D eigenvalue weighted by atomic mass is 9.12. The second-order valence-corrected chi connectivity index (χ2v) is 15.7. The van der Waals surface area contributed by atoms with Gasteiger partial charge in [-0.2, -0.15) is 0 Å². The molecule has 0 aliphatic rings. The molecule has 0 aromatic heterocycles. The average Bonchev–Trinajstić information content (AvgIpc) is 3.28. The lowest BCUT2D eigenvalue weighted by molar-refractivity contribution is 0.378. The molecule has 8 aromatic rings. The Bertz CT molecular complexity index is 2890. The van der Waals surface area contributed by atoms with E-state index in [0.717, 1.165) is 5.75 Å². The van der Waals surface area contributed by atoms with Crippen LogP contribution in [0.1, 0.15) is 0 Å². The van der Waals surface area contributed by atoms with Crippen LogP contribution in [0.3, 0.4) is 0 Å². The molecule has 338 valence electrons. The quantitative estimate of drug-likeness (QED) is 0.0403. The molecule has 0 atom stereocenters. The van der Waals surface area contributed by atoms with E-state index in [1.54, 1.807) is 0 Å². The Kier molecular flexibility index (Phi) is 11.9. The molecule has 0 fully saturated rings. The van der Waals surface area contributed by atoms with Gasteiger partial charge in [0, 0.05) is 10.8 Å². The van der Waals surface area contributed by atoms with Crippen LogP contribution in [-0.4, -0.2) is 18.7 Å². The van der Waals surface area contributed by atoms with Crippen molar-refractivity contribution in [1.82, 2.24) is 0 Å². The second kappa shape index (κ2) is 16.6. The summed E-state index contributed by atoms with van der Waals surface area (Å²) < 4.78 is 300. The Morgan fingerprint density at radius 1 is 0.308 bits per heavy atom.